The zero-order valence-corrected chi connectivity index (χ0v) is 18.5. The highest BCUT2D eigenvalue weighted by atomic mass is 16.5. The number of para-hydroxylation sites is 1. The summed E-state index contributed by atoms with van der Waals surface area (Å²) in [5.74, 6) is -0.200. The molecule has 0 aromatic heterocycles. The Morgan fingerprint density at radius 3 is 2.16 bits per heavy atom. The van der Waals surface area contributed by atoms with Gasteiger partial charge in [0.05, 0.1) is 25.9 Å². The molecule has 166 valence electrons. The summed E-state index contributed by atoms with van der Waals surface area (Å²) in [7, 11) is 1.50. The number of hydrogen-bond donors (Lipinski definition) is 3. The highest BCUT2D eigenvalue weighted by Gasteiger charge is 2.16. The SMILES string of the molecule is CCCN(CC(=O)Nc1ccccc1C)CC(=O)Nc1cc(NC(C)=O)ccc1OC. The van der Waals surface area contributed by atoms with Crippen molar-refractivity contribution < 1.29 is 19.1 Å². The van der Waals surface area contributed by atoms with Gasteiger partial charge in [0, 0.05) is 18.3 Å². The minimum atomic E-state index is -0.282. The van der Waals surface area contributed by atoms with Gasteiger partial charge in [0.15, 0.2) is 0 Å². The maximum absolute atomic E-state index is 12.7. The minimum absolute atomic E-state index is 0.0442. The predicted octanol–water partition coefficient (Wildman–Crippen LogP) is 3.25. The molecule has 0 heterocycles. The van der Waals surface area contributed by atoms with E-state index >= 15 is 0 Å². The first-order chi connectivity index (χ1) is 14.8. The van der Waals surface area contributed by atoms with Gasteiger partial charge in [-0.3, -0.25) is 19.3 Å². The smallest absolute Gasteiger partial charge is 0.238 e. The van der Waals surface area contributed by atoms with Crippen molar-refractivity contribution in [3.63, 3.8) is 0 Å². The highest BCUT2D eigenvalue weighted by molar-refractivity contribution is 5.97. The minimum Gasteiger partial charge on any atom is -0.495 e. The topological polar surface area (TPSA) is 99.8 Å². The fourth-order valence-corrected chi connectivity index (χ4v) is 3.12. The van der Waals surface area contributed by atoms with Crippen LogP contribution in [0.1, 0.15) is 25.8 Å². The number of benzene rings is 2. The molecule has 31 heavy (non-hydrogen) atoms. The number of carbonyl (C=O) groups excluding carboxylic acids is 3. The van der Waals surface area contributed by atoms with Gasteiger partial charge in [0.1, 0.15) is 5.75 Å². The maximum atomic E-state index is 12.7. The lowest BCUT2D eigenvalue weighted by Gasteiger charge is -2.21. The van der Waals surface area contributed by atoms with E-state index in [1.807, 2.05) is 38.1 Å². The molecule has 0 spiro atoms. The van der Waals surface area contributed by atoms with Gasteiger partial charge in [-0.05, 0) is 49.7 Å². The molecule has 0 unspecified atom stereocenters. The third-order valence-corrected chi connectivity index (χ3v) is 4.49. The van der Waals surface area contributed by atoms with Gasteiger partial charge in [-0.15, -0.1) is 0 Å². The highest BCUT2D eigenvalue weighted by Crippen LogP contribution is 2.27. The average Bonchev–Trinajstić information content (AvgIpc) is 2.69. The summed E-state index contributed by atoms with van der Waals surface area (Å²) in [6.07, 6.45) is 0.798. The van der Waals surface area contributed by atoms with Crippen molar-refractivity contribution in [1.82, 2.24) is 4.90 Å². The van der Waals surface area contributed by atoms with E-state index < -0.39 is 0 Å². The summed E-state index contributed by atoms with van der Waals surface area (Å²) in [6, 6.07) is 12.5. The number of aryl methyl sites for hydroxylation is 1. The van der Waals surface area contributed by atoms with Crippen LogP contribution < -0.4 is 20.7 Å². The summed E-state index contributed by atoms with van der Waals surface area (Å²) in [5.41, 5.74) is 2.72. The Hall–Kier alpha value is -3.39. The van der Waals surface area contributed by atoms with E-state index in [-0.39, 0.29) is 30.8 Å². The van der Waals surface area contributed by atoms with Gasteiger partial charge in [-0.1, -0.05) is 25.1 Å². The molecule has 8 heteroatoms. The predicted molar refractivity (Wildman–Crippen MR) is 122 cm³/mol. The van der Waals surface area contributed by atoms with Gasteiger partial charge < -0.3 is 20.7 Å². The van der Waals surface area contributed by atoms with Crippen molar-refractivity contribution in [3.05, 3.63) is 48.0 Å². The summed E-state index contributed by atoms with van der Waals surface area (Å²) in [6.45, 7) is 6.06. The monoisotopic (exact) mass is 426 g/mol. The van der Waals surface area contributed by atoms with E-state index in [1.165, 1.54) is 14.0 Å². The number of nitrogens with zero attached hydrogens (tertiary/aromatic N) is 1. The molecule has 2 aromatic rings. The molecular weight excluding hydrogens is 396 g/mol. The van der Waals surface area contributed by atoms with E-state index in [0.717, 1.165) is 17.7 Å². The molecule has 0 fully saturated rings. The van der Waals surface area contributed by atoms with E-state index in [2.05, 4.69) is 16.0 Å². The number of carbonyl (C=O) groups is 3. The lowest BCUT2D eigenvalue weighted by Crippen LogP contribution is -2.39. The van der Waals surface area contributed by atoms with Gasteiger partial charge >= 0.3 is 0 Å². The van der Waals surface area contributed by atoms with Crippen LogP contribution in [-0.4, -0.2) is 49.4 Å². The largest absolute Gasteiger partial charge is 0.495 e. The summed E-state index contributed by atoms with van der Waals surface area (Å²) in [4.78, 5) is 38.2. The zero-order valence-electron chi connectivity index (χ0n) is 18.5. The van der Waals surface area contributed by atoms with Crippen LogP contribution in [0.3, 0.4) is 0 Å². The van der Waals surface area contributed by atoms with E-state index in [0.29, 0.717) is 23.7 Å². The Bertz CT molecular complexity index is 930. The summed E-state index contributed by atoms with van der Waals surface area (Å²) >= 11 is 0. The lowest BCUT2D eigenvalue weighted by molar-refractivity contribution is -0.120. The van der Waals surface area contributed by atoms with Crippen LogP contribution in [0.5, 0.6) is 5.75 Å². The fraction of sp³-hybridized carbons (Fsp3) is 0.348. The molecule has 2 rings (SSSR count). The average molecular weight is 427 g/mol. The lowest BCUT2D eigenvalue weighted by atomic mass is 10.2. The Labute approximate surface area is 183 Å². The number of ether oxygens (including phenoxy) is 1. The second kappa shape index (κ2) is 11.7. The molecule has 0 bridgehead atoms. The Balaban J connectivity index is 2.02. The first kappa shape index (κ1) is 23.9. The molecular formula is C23H30N4O4. The van der Waals surface area contributed by atoms with Gasteiger partial charge in [0.25, 0.3) is 0 Å². The van der Waals surface area contributed by atoms with Crippen LogP contribution in [-0.2, 0) is 14.4 Å². The van der Waals surface area contributed by atoms with E-state index in [1.54, 1.807) is 23.1 Å². The molecule has 0 saturated heterocycles. The van der Waals surface area contributed by atoms with Crippen molar-refractivity contribution in [2.24, 2.45) is 0 Å². The van der Waals surface area contributed by atoms with Gasteiger partial charge in [0.2, 0.25) is 17.7 Å². The first-order valence-corrected chi connectivity index (χ1v) is 10.2. The third-order valence-electron chi connectivity index (χ3n) is 4.49. The molecule has 0 radical (unpaired) electrons. The molecule has 0 aliphatic heterocycles. The molecule has 8 nitrogen and oxygen atoms in total. The van der Waals surface area contributed by atoms with Crippen LogP contribution in [0.25, 0.3) is 0 Å². The number of amides is 3. The third kappa shape index (κ3) is 7.75. The van der Waals surface area contributed by atoms with Crippen LogP contribution in [0.4, 0.5) is 17.1 Å². The van der Waals surface area contributed by atoms with Crippen LogP contribution in [0.2, 0.25) is 0 Å². The summed E-state index contributed by atoms with van der Waals surface area (Å²) in [5, 5.41) is 8.38. The van der Waals surface area contributed by atoms with Crippen molar-refractivity contribution >= 4 is 34.8 Å². The standard InChI is InChI=1S/C23H30N4O4/c1-5-12-27(14-22(29)25-19-9-7-6-8-16(19)2)15-23(30)26-20-13-18(24-17(3)28)10-11-21(20)31-4/h6-11,13H,5,12,14-15H2,1-4H3,(H,24,28)(H,25,29)(H,26,30). The van der Waals surface area contributed by atoms with E-state index in [4.69, 9.17) is 4.74 Å². The normalized spacial score (nSPS) is 10.5. The maximum Gasteiger partial charge on any atom is 0.238 e. The van der Waals surface area contributed by atoms with Gasteiger partial charge in [-0.2, -0.15) is 0 Å². The number of anilines is 3. The number of methoxy groups -OCH3 is 1. The Morgan fingerprint density at radius 1 is 0.935 bits per heavy atom. The van der Waals surface area contributed by atoms with Crippen molar-refractivity contribution in [2.45, 2.75) is 27.2 Å². The number of nitrogens with one attached hydrogen (secondary N) is 3. The van der Waals surface area contributed by atoms with E-state index in [9.17, 15) is 14.4 Å². The van der Waals surface area contributed by atoms with Crippen LogP contribution in [0, 0.1) is 6.92 Å². The van der Waals surface area contributed by atoms with Crippen molar-refractivity contribution in [1.29, 1.82) is 0 Å². The van der Waals surface area contributed by atoms with Crippen LogP contribution >= 0.6 is 0 Å². The number of hydrogen-bond acceptors (Lipinski definition) is 5. The first-order valence-electron chi connectivity index (χ1n) is 10.2. The second-order valence-corrected chi connectivity index (χ2v) is 7.22. The molecule has 0 atom stereocenters. The number of rotatable bonds is 10. The molecule has 0 aliphatic carbocycles. The Morgan fingerprint density at radius 2 is 1.58 bits per heavy atom. The molecule has 2 aromatic carbocycles. The van der Waals surface area contributed by atoms with Crippen LogP contribution in [0.15, 0.2) is 42.5 Å². The molecule has 3 amide bonds. The quantitative estimate of drug-likeness (QED) is 0.542. The molecule has 0 saturated carbocycles. The van der Waals surface area contributed by atoms with Gasteiger partial charge in [-0.25, -0.2) is 0 Å². The zero-order chi connectivity index (χ0) is 22.8. The summed E-state index contributed by atoms with van der Waals surface area (Å²) < 4.78 is 5.30. The second-order valence-electron chi connectivity index (χ2n) is 7.22. The molecule has 0 aliphatic rings. The van der Waals surface area contributed by atoms with Crippen molar-refractivity contribution in [3.8, 4) is 5.75 Å². The van der Waals surface area contributed by atoms with Crippen molar-refractivity contribution in [2.75, 3.05) is 42.7 Å². The molecule has 3 N–H and O–H groups in total. The Kier molecular flexibility index (Phi) is 9.02. The fourth-order valence-electron chi connectivity index (χ4n) is 3.12.